The van der Waals surface area contributed by atoms with Gasteiger partial charge >= 0.3 is 12.1 Å². The van der Waals surface area contributed by atoms with Crippen molar-refractivity contribution in [3.05, 3.63) is 35.1 Å². The quantitative estimate of drug-likeness (QED) is 0.110. The van der Waals surface area contributed by atoms with Gasteiger partial charge < -0.3 is 10.1 Å². The zero-order valence-electron chi connectivity index (χ0n) is 22.7. The van der Waals surface area contributed by atoms with Gasteiger partial charge in [-0.15, -0.1) is 0 Å². The van der Waals surface area contributed by atoms with Crippen molar-refractivity contribution in [3.63, 3.8) is 0 Å². The second-order valence-corrected chi connectivity index (χ2v) is 10.2. The number of benzene rings is 1. The lowest BCUT2D eigenvalue weighted by Gasteiger charge is -2.21. The zero-order chi connectivity index (χ0) is 27.7. The van der Waals surface area contributed by atoms with Crippen LogP contribution in [0.2, 0.25) is 0 Å². The molecule has 0 fully saturated rings. The van der Waals surface area contributed by atoms with Gasteiger partial charge in [-0.2, -0.15) is 13.2 Å². The fourth-order valence-corrected chi connectivity index (χ4v) is 4.17. The average molecular weight is 532 g/mol. The van der Waals surface area contributed by atoms with Crippen LogP contribution < -0.4 is 5.32 Å². The standard InChI is InChI=1S/C29H45F4NO3/c1-4-5-6-7-8-9-10-11-12-13-14-15-16-17-20-37-28(36)26(22(2)3)34-27(35)23-18-19-24(25(30)21-23)29(31,32)33/h18-19,21-22,26H,4-17,20H2,1-3H3,(H,34,35). The maximum atomic E-state index is 13.8. The largest absolute Gasteiger partial charge is 0.464 e. The van der Waals surface area contributed by atoms with Crippen molar-refractivity contribution < 1.29 is 31.9 Å². The first-order valence-corrected chi connectivity index (χ1v) is 13.9. The number of alkyl halides is 3. The molecule has 0 bridgehead atoms. The molecular formula is C29H45F4NO3. The van der Waals surface area contributed by atoms with Crippen molar-refractivity contribution >= 4 is 11.9 Å². The third-order valence-electron chi connectivity index (χ3n) is 6.49. The molecule has 0 spiro atoms. The molecule has 212 valence electrons. The van der Waals surface area contributed by atoms with Crippen LogP contribution in [0, 0.1) is 11.7 Å². The van der Waals surface area contributed by atoms with E-state index in [1.165, 1.54) is 70.6 Å². The van der Waals surface area contributed by atoms with Crippen LogP contribution in [0.1, 0.15) is 127 Å². The van der Waals surface area contributed by atoms with Gasteiger partial charge in [0.1, 0.15) is 11.9 Å². The fourth-order valence-electron chi connectivity index (χ4n) is 4.17. The summed E-state index contributed by atoms with van der Waals surface area (Å²) in [6.07, 6.45) is 12.3. The second-order valence-electron chi connectivity index (χ2n) is 10.2. The number of esters is 1. The Bertz CT molecular complexity index is 796. The van der Waals surface area contributed by atoms with E-state index in [1.54, 1.807) is 13.8 Å². The van der Waals surface area contributed by atoms with Crippen molar-refractivity contribution in [2.75, 3.05) is 6.61 Å². The van der Waals surface area contributed by atoms with Gasteiger partial charge in [-0.1, -0.05) is 104 Å². The number of amides is 1. The van der Waals surface area contributed by atoms with E-state index in [1.807, 2.05) is 0 Å². The first-order chi connectivity index (χ1) is 17.6. The van der Waals surface area contributed by atoms with Gasteiger partial charge in [0.05, 0.1) is 12.2 Å². The maximum absolute atomic E-state index is 13.8. The summed E-state index contributed by atoms with van der Waals surface area (Å²) in [5, 5.41) is 2.46. The Hall–Kier alpha value is -2.12. The van der Waals surface area contributed by atoms with Gasteiger partial charge in [0.25, 0.3) is 5.91 Å². The van der Waals surface area contributed by atoms with E-state index in [0.29, 0.717) is 12.1 Å². The minimum atomic E-state index is -4.85. The highest BCUT2D eigenvalue weighted by Crippen LogP contribution is 2.31. The highest BCUT2D eigenvalue weighted by atomic mass is 19.4. The smallest absolute Gasteiger partial charge is 0.419 e. The molecule has 1 rings (SSSR count). The number of unbranched alkanes of at least 4 members (excludes halogenated alkanes) is 13. The van der Waals surface area contributed by atoms with Crippen molar-refractivity contribution in [2.24, 2.45) is 5.92 Å². The highest BCUT2D eigenvalue weighted by Gasteiger charge is 2.34. The van der Waals surface area contributed by atoms with Gasteiger partial charge in [0.2, 0.25) is 0 Å². The van der Waals surface area contributed by atoms with Crippen molar-refractivity contribution in [1.82, 2.24) is 5.32 Å². The summed E-state index contributed by atoms with van der Waals surface area (Å²) in [6, 6.07) is 0.945. The van der Waals surface area contributed by atoms with Crippen LogP contribution in [0.4, 0.5) is 17.6 Å². The molecule has 1 aromatic carbocycles. The number of hydrogen-bond donors (Lipinski definition) is 1. The van der Waals surface area contributed by atoms with Crippen LogP contribution in [0.5, 0.6) is 0 Å². The van der Waals surface area contributed by atoms with Crippen LogP contribution in [-0.2, 0) is 15.7 Å². The lowest BCUT2D eigenvalue weighted by molar-refractivity contribution is -0.147. The van der Waals surface area contributed by atoms with E-state index in [2.05, 4.69) is 12.2 Å². The summed E-state index contributed by atoms with van der Waals surface area (Å²) < 4.78 is 57.3. The number of ether oxygens (including phenoxy) is 1. The monoisotopic (exact) mass is 531 g/mol. The topological polar surface area (TPSA) is 55.4 Å². The van der Waals surface area contributed by atoms with Crippen molar-refractivity contribution in [2.45, 2.75) is 123 Å². The highest BCUT2D eigenvalue weighted by molar-refractivity contribution is 5.96. The molecule has 1 atom stereocenters. The number of halogens is 4. The molecule has 8 heteroatoms. The van der Waals surface area contributed by atoms with E-state index >= 15 is 0 Å². The summed E-state index contributed by atoms with van der Waals surface area (Å²) in [4.78, 5) is 24.9. The molecule has 0 aliphatic carbocycles. The molecule has 0 saturated carbocycles. The van der Waals surface area contributed by atoms with E-state index in [4.69, 9.17) is 4.74 Å². The summed E-state index contributed by atoms with van der Waals surface area (Å²) >= 11 is 0. The number of carbonyl (C=O) groups is 2. The lowest BCUT2D eigenvalue weighted by atomic mass is 10.0. The summed E-state index contributed by atoms with van der Waals surface area (Å²) in [6.45, 7) is 5.90. The molecule has 0 saturated heterocycles. The number of nitrogens with one attached hydrogen (secondary N) is 1. The third kappa shape index (κ3) is 13.8. The molecular weight excluding hydrogens is 486 g/mol. The SMILES string of the molecule is CCCCCCCCCCCCCCCCOC(=O)C(NC(=O)c1ccc(C(F)(F)F)c(F)c1)C(C)C. The summed E-state index contributed by atoms with van der Waals surface area (Å²) in [7, 11) is 0. The minimum Gasteiger partial charge on any atom is -0.464 e. The van der Waals surface area contributed by atoms with Gasteiger partial charge in [-0.3, -0.25) is 4.79 Å². The van der Waals surface area contributed by atoms with Gasteiger partial charge in [0, 0.05) is 5.56 Å². The second kappa shape index (κ2) is 18.2. The van der Waals surface area contributed by atoms with Crippen LogP contribution in [-0.4, -0.2) is 24.5 Å². The molecule has 0 aliphatic heterocycles. The molecule has 37 heavy (non-hydrogen) atoms. The van der Waals surface area contributed by atoms with Gasteiger partial charge in [0.15, 0.2) is 0 Å². The predicted octanol–water partition coefficient (Wildman–Crippen LogP) is 8.62. The number of carbonyl (C=O) groups excluding carboxylic acids is 2. The van der Waals surface area contributed by atoms with Crippen molar-refractivity contribution in [3.8, 4) is 0 Å². The summed E-state index contributed by atoms with van der Waals surface area (Å²) in [5.41, 5.74) is -1.74. The molecule has 0 aromatic heterocycles. The Balaban J connectivity index is 2.24. The zero-order valence-corrected chi connectivity index (χ0v) is 22.7. The lowest BCUT2D eigenvalue weighted by Crippen LogP contribution is -2.45. The van der Waals surface area contributed by atoms with E-state index in [0.717, 1.165) is 25.3 Å². The first kappa shape index (κ1) is 32.9. The Kier molecular flexibility index (Phi) is 16.2. The van der Waals surface area contributed by atoms with Crippen LogP contribution >= 0.6 is 0 Å². The minimum absolute atomic E-state index is 0.241. The number of hydrogen-bond acceptors (Lipinski definition) is 3. The predicted molar refractivity (Wildman–Crippen MR) is 139 cm³/mol. The fraction of sp³-hybridized carbons (Fsp3) is 0.724. The molecule has 0 aliphatic rings. The normalized spacial score (nSPS) is 12.5. The molecule has 1 aromatic rings. The van der Waals surface area contributed by atoms with E-state index < -0.39 is 35.5 Å². The van der Waals surface area contributed by atoms with E-state index in [9.17, 15) is 27.2 Å². The Labute approximate surface area is 219 Å². The molecule has 4 nitrogen and oxygen atoms in total. The average Bonchev–Trinajstić information content (AvgIpc) is 2.83. The number of rotatable bonds is 19. The van der Waals surface area contributed by atoms with Gasteiger partial charge in [-0.25, -0.2) is 9.18 Å². The Morgan fingerprint density at radius 1 is 0.838 bits per heavy atom. The van der Waals surface area contributed by atoms with Crippen LogP contribution in [0.25, 0.3) is 0 Å². The van der Waals surface area contributed by atoms with E-state index in [-0.39, 0.29) is 18.1 Å². The Morgan fingerprint density at radius 2 is 1.32 bits per heavy atom. The molecule has 1 amide bonds. The molecule has 1 unspecified atom stereocenters. The Morgan fingerprint density at radius 3 is 1.76 bits per heavy atom. The van der Waals surface area contributed by atoms with Crippen LogP contribution in [0.15, 0.2) is 18.2 Å². The maximum Gasteiger partial charge on any atom is 0.419 e. The van der Waals surface area contributed by atoms with Crippen LogP contribution in [0.3, 0.4) is 0 Å². The molecule has 0 heterocycles. The van der Waals surface area contributed by atoms with Crippen molar-refractivity contribution in [1.29, 1.82) is 0 Å². The van der Waals surface area contributed by atoms with Gasteiger partial charge in [-0.05, 0) is 30.5 Å². The molecule has 1 N–H and O–H groups in total. The summed E-state index contributed by atoms with van der Waals surface area (Å²) in [5.74, 6) is -3.29. The third-order valence-corrected chi connectivity index (χ3v) is 6.49. The first-order valence-electron chi connectivity index (χ1n) is 13.9. The molecule has 0 radical (unpaired) electrons.